The van der Waals surface area contributed by atoms with Crippen LogP contribution in [0.1, 0.15) is 38.4 Å². The highest BCUT2D eigenvalue weighted by molar-refractivity contribution is 5.39. The first-order chi connectivity index (χ1) is 11.0. The number of hydrogen-bond donors (Lipinski definition) is 0. The van der Waals surface area contributed by atoms with E-state index in [-0.39, 0.29) is 18.1 Å². The van der Waals surface area contributed by atoms with Crippen molar-refractivity contribution in [1.29, 1.82) is 0 Å². The molecule has 128 valence electrons. The van der Waals surface area contributed by atoms with Crippen LogP contribution in [0, 0.1) is 0 Å². The summed E-state index contributed by atoms with van der Waals surface area (Å²) >= 11 is 0. The molecular weight excluding hydrogens is 294 g/mol. The first-order valence-corrected chi connectivity index (χ1v) is 8.46. The molecule has 3 rings (SSSR count). The second kappa shape index (κ2) is 6.97. The molecule has 2 aliphatic heterocycles. The molecule has 2 unspecified atom stereocenters. The minimum absolute atomic E-state index is 0.105. The molecule has 0 spiro atoms. The zero-order valence-corrected chi connectivity index (χ0v) is 14.5. The normalized spacial score (nSPS) is 25.2. The van der Waals surface area contributed by atoms with E-state index in [9.17, 15) is 0 Å². The van der Waals surface area contributed by atoms with Gasteiger partial charge in [0.15, 0.2) is 0 Å². The maximum atomic E-state index is 5.92. The Balaban J connectivity index is 1.81. The second-order valence-electron chi connectivity index (χ2n) is 6.75. The van der Waals surface area contributed by atoms with Gasteiger partial charge in [-0.05, 0) is 12.8 Å². The van der Waals surface area contributed by atoms with Crippen molar-refractivity contribution >= 4 is 11.9 Å². The largest absolute Gasteiger partial charge is 0.375 e. The Morgan fingerprint density at radius 3 is 2.52 bits per heavy atom. The topological polar surface area (TPSA) is 63.6 Å². The number of ether oxygens (including phenoxy) is 2. The van der Waals surface area contributed by atoms with Crippen LogP contribution < -0.4 is 9.80 Å². The molecule has 0 amide bonds. The summed E-state index contributed by atoms with van der Waals surface area (Å²) < 4.78 is 11.7. The van der Waals surface area contributed by atoms with Crippen molar-refractivity contribution in [3.63, 3.8) is 0 Å². The molecule has 23 heavy (non-hydrogen) atoms. The molecule has 0 bridgehead atoms. The number of rotatable bonds is 4. The van der Waals surface area contributed by atoms with Gasteiger partial charge >= 0.3 is 0 Å². The van der Waals surface area contributed by atoms with Gasteiger partial charge in [0.1, 0.15) is 11.9 Å². The fourth-order valence-electron chi connectivity index (χ4n) is 2.95. The molecule has 2 atom stereocenters. The highest BCUT2D eigenvalue weighted by atomic mass is 16.5. The molecule has 0 saturated carbocycles. The maximum absolute atomic E-state index is 5.92. The molecule has 0 aromatic carbocycles. The van der Waals surface area contributed by atoms with Gasteiger partial charge in [-0.15, -0.1) is 0 Å². The van der Waals surface area contributed by atoms with Gasteiger partial charge in [-0.3, -0.25) is 0 Å². The highest BCUT2D eigenvalue weighted by Crippen LogP contribution is 2.24. The van der Waals surface area contributed by atoms with Crippen LogP contribution in [0.4, 0.5) is 11.9 Å². The van der Waals surface area contributed by atoms with E-state index in [2.05, 4.69) is 33.7 Å². The van der Waals surface area contributed by atoms with Crippen molar-refractivity contribution in [2.45, 2.75) is 44.8 Å². The van der Waals surface area contributed by atoms with Gasteiger partial charge < -0.3 is 19.3 Å². The van der Waals surface area contributed by atoms with E-state index >= 15 is 0 Å². The van der Waals surface area contributed by atoms with Crippen molar-refractivity contribution in [1.82, 2.24) is 15.0 Å². The van der Waals surface area contributed by atoms with Gasteiger partial charge in [0.25, 0.3) is 0 Å². The minimum Gasteiger partial charge on any atom is -0.375 e. The molecule has 0 N–H and O–H groups in total. The van der Waals surface area contributed by atoms with Crippen molar-refractivity contribution < 1.29 is 9.47 Å². The van der Waals surface area contributed by atoms with E-state index in [0.29, 0.717) is 12.6 Å². The first kappa shape index (κ1) is 16.4. The highest BCUT2D eigenvalue weighted by Gasteiger charge is 2.32. The van der Waals surface area contributed by atoms with E-state index < -0.39 is 0 Å². The Kier molecular flexibility index (Phi) is 4.96. The zero-order chi connectivity index (χ0) is 16.4. The number of morpholine rings is 1. The van der Waals surface area contributed by atoms with Gasteiger partial charge in [0.05, 0.1) is 12.7 Å². The van der Waals surface area contributed by atoms with E-state index in [1.165, 1.54) is 0 Å². The van der Waals surface area contributed by atoms with E-state index in [0.717, 1.165) is 44.3 Å². The smallest absolute Gasteiger partial charge is 0.230 e. The Hall–Kier alpha value is -1.47. The van der Waals surface area contributed by atoms with E-state index in [1.54, 1.807) is 0 Å². The van der Waals surface area contributed by atoms with E-state index in [1.807, 2.05) is 19.0 Å². The standard InChI is InChI=1S/C16H27N5O2/c1-11(2)14-17-15(20(3)4)19-16(18-14)21-7-9-23-13(10-21)12-6-5-8-22-12/h11-13H,5-10H2,1-4H3. The summed E-state index contributed by atoms with van der Waals surface area (Å²) in [6.07, 6.45) is 2.51. The average Bonchev–Trinajstić information content (AvgIpc) is 3.09. The Morgan fingerprint density at radius 2 is 1.87 bits per heavy atom. The Morgan fingerprint density at radius 1 is 1.09 bits per heavy atom. The lowest BCUT2D eigenvalue weighted by molar-refractivity contribution is -0.0545. The first-order valence-electron chi connectivity index (χ1n) is 8.46. The molecule has 2 saturated heterocycles. The number of anilines is 2. The molecule has 3 heterocycles. The number of nitrogens with zero attached hydrogens (tertiary/aromatic N) is 5. The SMILES string of the molecule is CC(C)c1nc(N(C)C)nc(N2CCOC(C3CCCO3)C2)n1. The average molecular weight is 321 g/mol. The van der Waals surface area contributed by atoms with Crippen LogP contribution in [0.5, 0.6) is 0 Å². The lowest BCUT2D eigenvalue weighted by atomic mass is 10.1. The van der Waals surface area contributed by atoms with Crippen molar-refractivity contribution in [2.24, 2.45) is 0 Å². The van der Waals surface area contributed by atoms with Gasteiger partial charge in [0.2, 0.25) is 11.9 Å². The molecule has 1 aromatic heterocycles. The third kappa shape index (κ3) is 3.72. The quantitative estimate of drug-likeness (QED) is 0.831. The predicted octanol–water partition coefficient (Wildman–Crippen LogP) is 1.45. The van der Waals surface area contributed by atoms with Gasteiger partial charge in [-0.1, -0.05) is 13.8 Å². The summed E-state index contributed by atoms with van der Waals surface area (Å²) in [5, 5.41) is 0. The molecule has 7 heteroatoms. The lowest BCUT2D eigenvalue weighted by Crippen LogP contribution is -2.48. The summed E-state index contributed by atoms with van der Waals surface area (Å²) in [6, 6.07) is 0. The Bertz CT molecular complexity index is 505. The molecular formula is C16H27N5O2. The summed E-state index contributed by atoms with van der Waals surface area (Å²) in [5.74, 6) is 2.56. The van der Waals surface area contributed by atoms with Crippen LogP contribution in [0.25, 0.3) is 0 Å². The van der Waals surface area contributed by atoms with Crippen molar-refractivity contribution in [3.05, 3.63) is 5.82 Å². The number of hydrogen-bond acceptors (Lipinski definition) is 7. The molecule has 7 nitrogen and oxygen atoms in total. The van der Waals surface area contributed by atoms with Crippen molar-refractivity contribution in [3.8, 4) is 0 Å². The number of aromatic nitrogens is 3. The van der Waals surface area contributed by atoms with Crippen LogP contribution in [0.15, 0.2) is 0 Å². The molecule has 0 radical (unpaired) electrons. The summed E-state index contributed by atoms with van der Waals surface area (Å²) in [5.41, 5.74) is 0. The third-order valence-electron chi connectivity index (χ3n) is 4.30. The monoisotopic (exact) mass is 321 g/mol. The molecule has 1 aromatic rings. The van der Waals surface area contributed by atoms with E-state index in [4.69, 9.17) is 9.47 Å². The van der Waals surface area contributed by atoms with Crippen LogP contribution in [-0.2, 0) is 9.47 Å². The maximum Gasteiger partial charge on any atom is 0.230 e. The fraction of sp³-hybridized carbons (Fsp3) is 0.812. The summed E-state index contributed by atoms with van der Waals surface area (Å²) in [6.45, 7) is 7.32. The van der Waals surface area contributed by atoms with Gasteiger partial charge in [-0.25, -0.2) is 0 Å². The lowest BCUT2D eigenvalue weighted by Gasteiger charge is -2.35. The molecule has 0 aliphatic carbocycles. The second-order valence-corrected chi connectivity index (χ2v) is 6.75. The Labute approximate surface area is 138 Å². The zero-order valence-electron chi connectivity index (χ0n) is 14.5. The van der Waals surface area contributed by atoms with Crippen LogP contribution >= 0.6 is 0 Å². The third-order valence-corrected chi connectivity index (χ3v) is 4.30. The summed E-state index contributed by atoms with van der Waals surface area (Å²) in [4.78, 5) is 18.0. The summed E-state index contributed by atoms with van der Waals surface area (Å²) in [7, 11) is 3.91. The van der Waals surface area contributed by atoms with Crippen LogP contribution in [0.3, 0.4) is 0 Å². The fourth-order valence-corrected chi connectivity index (χ4v) is 2.95. The predicted molar refractivity (Wildman–Crippen MR) is 89.2 cm³/mol. The molecule has 2 fully saturated rings. The van der Waals surface area contributed by atoms with Gasteiger partial charge in [0, 0.05) is 39.7 Å². The van der Waals surface area contributed by atoms with Crippen LogP contribution in [-0.4, -0.2) is 67.6 Å². The van der Waals surface area contributed by atoms with Crippen molar-refractivity contribution in [2.75, 3.05) is 50.2 Å². The molecule has 2 aliphatic rings. The minimum atomic E-state index is 0.105. The van der Waals surface area contributed by atoms with Crippen LogP contribution in [0.2, 0.25) is 0 Å². The van der Waals surface area contributed by atoms with Gasteiger partial charge in [-0.2, -0.15) is 15.0 Å².